The van der Waals surface area contributed by atoms with E-state index in [-0.39, 0.29) is 29.5 Å². The van der Waals surface area contributed by atoms with Crippen LogP contribution in [0.1, 0.15) is 30.3 Å². The highest BCUT2D eigenvalue weighted by Crippen LogP contribution is 2.35. The number of halogens is 1. The van der Waals surface area contributed by atoms with Crippen LogP contribution in [-0.4, -0.2) is 54.2 Å². The van der Waals surface area contributed by atoms with Gasteiger partial charge in [-0.25, -0.2) is 0 Å². The first-order chi connectivity index (χ1) is 12.1. The Bertz CT molecular complexity index is 858. The molecule has 3 heterocycles. The van der Waals surface area contributed by atoms with Gasteiger partial charge in [0.15, 0.2) is 11.2 Å². The molecule has 7 heteroatoms. The van der Waals surface area contributed by atoms with Crippen LogP contribution < -0.4 is 5.43 Å². The molecule has 0 aliphatic carbocycles. The van der Waals surface area contributed by atoms with Crippen molar-refractivity contribution in [3.05, 3.63) is 46.3 Å². The van der Waals surface area contributed by atoms with Crippen molar-refractivity contribution in [3.63, 3.8) is 0 Å². The molecule has 140 valence electrons. The molecule has 0 N–H and O–H groups in total. The zero-order chi connectivity index (χ0) is 17.4. The second-order valence-corrected chi connectivity index (χ2v) is 6.66. The van der Waals surface area contributed by atoms with Crippen molar-refractivity contribution >= 4 is 29.3 Å². The number of carbonyl (C=O) groups excluding carboxylic acids is 1. The zero-order valence-electron chi connectivity index (χ0n) is 14.8. The van der Waals surface area contributed by atoms with E-state index < -0.39 is 5.72 Å². The molecule has 1 aromatic carbocycles. The van der Waals surface area contributed by atoms with Crippen LogP contribution >= 0.6 is 12.4 Å². The molecule has 0 bridgehead atoms. The molecule has 4 rings (SSSR count). The number of para-hydroxylation sites is 1. The number of rotatable bonds is 2. The smallest absolute Gasteiger partial charge is 0.292 e. The number of fused-ring (bicyclic) bond motifs is 1. The van der Waals surface area contributed by atoms with Crippen LogP contribution in [0.4, 0.5) is 0 Å². The van der Waals surface area contributed by atoms with Gasteiger partial charge in [0.1, 0.15) is 11.3 Å². The first kappa shape index (κ1) is 18.9. The lowest BCUT2D eigenvalue weighted by molar-refractivity contribution is -0.105. The molecule has 6 nitrogen and oxygen atoms in total. The molecule has 2 aromatic rings. The molecule has 1 aromatic heterocycles. The molecular formula is C19H23ClN2O4. The van der Waals surface area contributed by atoms with E-state index in [0.717, 1.165) is 32.5 Å². The van der Waals surface area contributed by atoms with Gasteiger partial charge in [0, 0.05) is 38.5 Å². The molecule has 2 aliphatic rings. The normalized spacial score (nSPS) is 19.7. The average Bonchev–Trinajstić information content (AvgIpc) is 3.05. The molecule has 0 saturated carbocycles. The van der Waals surface area contributed by atoms with Crippen LogP contribution in [-0.2, 0) is 4.74 Å². The summed E-state index contributed by atoms with van der Waals surface area (Å²) in [5.74, 6) is -0.170. The number of amides is 1. The molecular weight excluding hydrogens is 356 g/mol. The number of benzene rings is 1. The number of hydrogen-bond donors (Lipinski definition) is 0. The summed E-state index contributed by atoms with van der Waals surface area (Å²) in [6.07, 6.45) is 1.56. The summed E-state index contributed by atoms with van der Waals surface area (Å²) >= 11 is 0. The Hall–Kier alpha value is -1.89. The number of carbonyl (C=O) groups is 1. The third kappa shape index (κ3) is 3.13. The Morgan fingerprint density at radius 2 is 1.92 bits per heavy atom. The monoisotopic (exact) mass is 378 g/mol. The van der Waals surface area contributed by atoms with Crippen LogP contribution in [0.2, 0.25) is 0 Å². The third-order valence-electron chi connectivity index (χ3n) is 5.35. The fraction of sp³-hybridized carbons (Fsp3) is 0.474. The molecule has 26 heavy (non-hydrogen) atoms. The summed E-state index contributed by atoms with van der Waals surface area (Å²) in [6, 6.07) is 8.30. The quantitative estimate of drug-likeness (QED) is 0.803. The Morgan fingerprint density at radius 3 is 2.65 bits per heavy atom. The van der Waals surface area contributed by atoms with Crippen molar-refractivity contribution < 1.29 is 13.9 Å². The maximum atomic E-state index is 13.1. The summed E-state index contributed by atoms with van der Waals surface area (Å²) in [7, 11) is 0. The predicted octanol–water partition coefficient (Wildman–Crippen LogP) is 2.50. The van der Waals surface area contributed by atoms with Crippen LogP contribution in [0.5, 0.6) is 0 Å². The zero-order valence-corrected chi connectivity index (χ0v) is 15.6. The third-order valence-corrected chi connectivity index (χ3v) is 5.35. The fourth-order valence-electron chi connectivity index (χ4n) is 3.87. The van der Waals surface area contributed by atoms with Crippen molar-refractivity contribution in [2.75, 3.05) is 32.8 Å². The SMILES string of the molecule is CCN1CCC2(CC1)OCCN2C(=O)c1cc(=O)c2ccccc2o1.Cl. The molecule has 0 radical (unpaired) electrons. The number of nitrogens with zero attached hydrogens (tertiary/aromatic N) is 2. The first-order valence-corrected chi connectivity index (χ1v) is 8.84. The van der Waals surface area contributed by atoms with Gasteiger partial charge in [-0.3, -0.25) is 9.59 Å². The van der Waals surface area contributed by atoms with Crippen molar-refractivity contribution in [1.82, 2.24) is 9.80 Å². The van der Waals surface area contributed by atoms with Gasteiger partial charge >= 0.3 is 0 Å². The molecule has 2 aliphatic heterocycles. The summed E-state index contributed by atoms with van der Waals surface area (Å²) < 4.78 is 11.7. The Kier molecular flexibility index (Phi) is 5.37. The van der Waals surface area contributed by atoms with E-state index in [9.17, 15) is 9.59 Å². The summed E-state index contributed by atoms with van der Waals surface area (Å²) in [6.45, 7) is 6.00. The lowest BCUT2D eigenvalue weighted by atomic mass is 9.98. The maximum Gasteiger partial charge on any atom is 0.292 e. The Labute approximate surface area is 158 Å². The lowest BCUT2D eigenvalue weighted by Gasteiger charge is -2.43. The number of hydrogen-bond acceptors (Lipinski definition) is 5. The number of likely N-dealkylation sites (tertiary alicyclic amines) is 1. The fourth-order valence-corrected chi connectivity index (χ4v) is 3.87. The van der Waals surface area contributed by atoms with Gasteiger partial charge in [-0.15, -0.1) is 12.4 Å². The minimum Gasteiger partial charge on any atom is -0.451 e. The highest BCUT2D eigenvalue weighted by Gasteiger charge is 2.47. The molecule has 2 fully saturated rings. The van der Waals surface area contributed by atoms with Crippen LogP contribution in [0.15, 0.2) is 39.5 Å². The van der Waals surface area contributed by atoms with Crippen molar-refractivity contribution in [2.45, 2.75) is 25.5 Å². The Morgan fingerprint density at radius 1 is 1.19 bits per heavy atom. The van der Waals surface area contributed by atoms with Crippen molar-refractivity contribution in [2.24, 2.45) is 0 Å². The van der Waals surface area contributed by atoms with Crippen molar-refractivity contribution in [3.8, 4) is 0 Å². The second kappa shape index (κ2) is 7.39. The van der Waals surface area contributed by atoms with Gasteiger partial charge in [-0.1, -0.05) is 19.1 Å². The van der Waals surface area contributed by atoms with Crippen molar-refractivity contribution in [1.29, 1.82) is 0 Å². The highest BCUT2D eigenvalue weighted by atomic mass is 35.5. The summed E-state index contributed by atoms with van der Waals surface area (Å²) in [5, 5.41) is 0.489. The Balaban J connectivity index is 0.00000196. The predicted molar refractivity (Wildman–Crippen MR) is 101 cm³/mol. The van der Waals surface area contributed by atoms with Crippen LogP contribution in [0.25, 0.3) is 11.0 Å². The van der Waals surface area contributed by atoms with Gasteiger partial charge < -0.3 is 19.0 Å². The topological polar surface area (TPSA) is 63.0 Å². The second-order valence-electron chi connectivity index (χ2n) is 6.66. The molecule has 1 spiro atoms. The van der Waals surface area contributed by atoms with Gasteiger partial charge in [-0.05, 0) is 18.7 Å². The van der Waals surface area contributed by atoms with E-state index >= 15 is 0 Å². The van der Waals surface area contributed by atoms with E-state index in [1.54, 1.807) is 29.2 Å². The van der Waals surface area contributed by atoms with Gasteiger partial charge in [0.2, 0.25) is 0 Å². The largest absolute Gasteiger partial charge is 0.451 e. The first-order valence-electron chi connectivity index (χ1n) is 8.84. The summed E-state index contributed by atoms with van der Waals surface area (Å²) in [4.78, 5) is 29.5. The van der Waals surface area contributed by atoms with E-state index in [2.05, 4.69) is 11.8 Å². The minimum atomic E-state index is -0.563. The number of ether oxygens (including phenoxy) is 1. The molecule has 0 atom stereocenters. The highest BCUT2D eigenvalue weighted by molar-refractivity contribution is 5.93. The average molecular weight is 379 g/mol. The standard InChI is InChI=1S/C19H22N2O4.ClH/c1-2-20-9-7-19(8-10-20)21(11-12-24-19)18(23)17-13-15(22)14-5-3-4-6-16(14)25-17;/h3-6,13H,2,7-12H2,1H3;1H. The van der Waals surface area contributed by atoms with E-state index in [1.165, 1.54) is 6.07 Å². The van der Waals surface area contributed by atoms with Gasteiger partial charge in [0.25, 0.3) is 5.91 Å². The van der Waals surface area contributed by atoms with Crippen LogP contribution in [0.3, 0.4) is 0 Å². The minimum absolute atomic E-state index is 0. The number of piperidine rings is 1. The molecule has 1 amide bonds. The van der Waals surface area contributed by atoms with Crippen LogP contribution in [0, 0.1) is 0 Å². The van der Waals surface area contributed by atoms with Gasteiger partial charge in [0.05, 0.1) is 12.0 Å². The lowest BCUT2D eigenvalue weighted by Crippen LogP contribution is -2.54. The van der Waals surface area contributed by atoms with E-state index in [4.69, 9.17) is 9.15 Å². The van der Waals surface area contributed by atoms with E-state index in [1.807, 2.05) is 0 Å². The summed E-state index contributed by atoms with van der Waals surface area (Å²) in [5.41, 5.74) is -0.319. The maximum absolute atomic E-state index is 13.1. The molecule has 2 saturated heterocycles. The van der Waals surface area contributed by atoms with Gasteiger partial charge in [-0.2, -0.15) is 0 Å². The molecule has 0 unspecified atom stereocenters. The van der Waals surface area contributed by atoms with E-state index in [0.29, 0.717) is 24.1 Å².